The summed E-state index contributed by atoms with van der Waals surface area (Å²) in [7, 11) is 0. The minimum absolute atomic E-state index is 0. The Bertz CT molecular complexity index is 831. The molecule has 1 aliphatic rings. The smallest absolute Gasteiger partial charge is 0.445 e. The first-order valence-electron chi connectivity index (χ1n) is 9.41. The summed E-state index contributed by atoms with van der Waals surface area (Å²) >= 11 is 0. The number of hydrogen-bond donors (Lipinski definition) is 0. The van der Waals surface area contributed by atoms with Crippen molar-refractivity contribution in [2.45, 2.75) is 46.8 Å². The van der Waals surface area contributed by atoms with Crippen LogP contribution in [0.1, 0.15) is 37.5 Å². The van der Waals surface area contributed by atoms with Crippen molar-refractivity contribution in [1.82, 2.24) is 9.80 Å². The third-order valence-electron chi connectivity index (χ3n) is 4.88. The minimum Gasteiger partial charge on any atom is -0.445 e. The Balaban J connectivity index is 0.00000450. The number of benzene rings is 1. The van der Waals surface area contributed by atoms with Crippen molar-refractivity contribution in [1.29, 1.82) is 0 Å². The van der Waals surface area contributed by atoms with E-state index in [4.69, 9.17) is 10.3 Å². The molecule has 0 atom stereocenters. The Labute approximate surface area is 217 Å². The predicted molar refractivity (Wildman–Crippen MR) is 107 cm³/mol. The number of azide groups is 1. The van der Waals surface area contributed by atoms with Crippen molar-refractivity contribution in [3.8, 4) is 0 Å². The molecule has 1 aromatic rings. The van der Waals surface area contributed by atoms with E-state index in [1.165, 1.54) is 19.9 Å². The van der Waals surface area contributed by atoms with Crippen LogP contribution in [0.3, 0.4) is 0 Å². The van der Waals surface area contributed by atoms with Crippen LogP contribution in [-0.2, 0) is 11.3 Å². The van der Waals surface area contributed by atoms with Gasteiger partial charge in [0.15, 0.2) is 0 Å². The van der Waals surface area contributed by atoms with Crippen LogP contribution in [-0.4, -0.2) is 54.7 Å². The van der Waals surface area contributed by atoms with Gasteiger partial charge < -0.3 is 22.6 Å². The topological polar surface area (TPSA) is 81.5 Å². The van der Waals surface area contributed by atoms with Crippen LogP contribution >= 0.6 is 0 Å². The standard InChI is InChI=1S/C18H26BF3N5O2.K/c1-12-14(10-15(24-25-23)13(2)16(12)19(20,21)22)11-26-6-8-27(9-7-26)17(28)29-18(3,4)5;/h10H,6-9,11H2,1-5H3;/q-1;+1. The van der Waals surface area contributed by atoms with Crippen LogP contribution in [0.5, 0.6) is 0 Å². The monoisotopic (exact) mass is 451 g/mol. The molecule has 0 spiro atoms. The van der Waals surface area contributed by atoms with Gasteiger partial charge in [-0.05, 0) is 51.8 Å². The van der Waals surface area contributed by atoms with Crippen molar-refractivity contribution in [2.75, 3.05) is 26.2 Å². The summed E-state index contributed by atoms with van der Waals surface area (Å²) in [5.41, 5.74) is 7.99. The van der Waals surface area contributed by atoms with Gasteiger partial charge in [0.1, 0.15) is 5.60 Å². The number of piperazine rings is 1. The molecule has 0 N–H and O–H groups in total. The molecule has 1 amide bonds. The number of rotatable bonds is 4. The van der Waals surface area contributed by atoms with E-state index in [2.05, 4.69) is 10.0 Å². The Hall–Kier alpha value is -0.749. The van der Waals surface area contributed by atoms with Gasteiger partial charge in [-0.3, -0.25) is 4.90 Å². The molecule has 2 rings (SSSR count). The number of halogens is 3. The van der Waals surface area contributed by atoms with E-state index in [0.29, 0.717) is 31.7 Å². The molecule has 12 heteroatoms. The van der Waals surface area contributed by atoms with Crippen molar-refractivity contribution in [3.63, 3.8) is 0 Å². The van der Waals surface area contributed by atoms with Crippen LogP contribution < -0.4 is 56.8 Å². The van der Waals surface area contributed by atoms with Crippen LogP contribution in [0.15, 0.2) is 11.2 Å². The first kappa shape index (κ1) is 27.3. The third-order valence-corrected chi connectivity index (χ3v) is 4.88. The molecule has 1 fully saturated rings. The fourth-order valence-electron chi connectivity index (χ4n) is 3.44. The second-order valence-corrected chi connectivity index (χ2v) is 8.23. The molecule has 0 saturated carbocycles. The van der Waals surface area contributed by atoms with Crippen molar-refractivity contribution >= 4 is 24.2 Å². The summed E-state index contributed by atoms with van der Waals surface area (Å²) < 4.78 is 46.2. The number of hydrogen-bond acceptors (Lipinski definition) is 4. The minimum atomic E-state index is -5.24. The van der Waals surface area contributed by atoms with Crippen LogP contribution in [0.25, 0.3) is 10.4 Å². The Morgan fingerprint density at radius 2 is 1.77 bits per heavy atom. The Morgan fingerprint density at radius 3 is 2.23 bits per heavy atom. The second kappa shape index (κ2) is 10.7. The summed E-state index contributed by atoms with van der Waals surface area (Å²) in [4.78, 5) is 18.4. The molecule has 0 aliphatic carbocycles. The predicted octanol–water partition coefficient (Wildman–Crippen LogP) is 1.36. The SMILES string of the molecule is Cc1c(CN2CCN(C(=O)OC(C)(C)C)CC2)cc(N=[N+]=[N-])c(C)c1[B-](F)(F)F.[K+]. The molecule has 1 heterocycles. The van der Waals surface area contributed by atoms with E-state index in [1.54, 1.807) is 25.7 Å². The van der Waals surface area contributed by atoms with Crippen LogP contribution in [0, 0.1) is 13.8 Å². The first-order valence-corrected chi connectivity index (χ1v) is 9.41. The Kier molecular flexibility index (Phi) is 9.74. The maximum Gasteiger partial charge on any atom is 1.00 e. The van der Waals surface area contributed by atoms with Crippen molar-refractivity contribution in [2.24, 2.45) is 5.11 Å². The molecule has 30 heavy (non-hydrogen) atoms. The molecule has 1 saturated heterocycles. The summed E-state index contributed by atoms with van der Waals surface area (Å²) in [6.45, 7) is 5.07. The fourth-order valence-corrected chi connectivity index (χ4v) is 3.44. The number of carbonyl (C=O) groups is 1. The molecule has 1 aliphatic heterocycles. The summed E-state index contributed by atoms with van der Waals surface area (Å²) in [6.07, 6.45) is -0.392. The molecular formula is C18H26BF3KN5O2. The van der Waals surface area contributed by atoms with Gasteiger partial charge in [-0.15, -0.1) is 5.46 Å². The van der Waals surface area contributed by atoms with Gasteiger partial charge >= 0.3 is 64.5 Å². The van der Waals surface area contributed by atoms with E-state index in [9.17, 15) is 17.7 Å². The zero-order valence-corrected chi connectivity index (χ0v) is 21.5. The van der Waals surface area contributed by atoms with E-state index in [-0.39, 0.29) is 74.7 Å². The summed E-state index contributed by atoms with van der Waals surface area (Å²) in [5, 5.41) is 3.45. The Morgan fingerprint density at radius 1 is 1.20 bits per heavy atom. The van der Waals surface area contributed by atoms with Gasteiger partial charge in [0, 0.05) is 43.3 Å². The number of nitrogens with zero attached hydrogens (tertiary/aromatic N) is 5. The summed E-state index contributed by atoms with van der Waals surface area (Å²) in [5.74, 6) is 0. The second-order valence-electron chi connectivity index (χ2n) is 8.23. The van der Waals surface area contributed by atoms with Crippen LogP contribution in [0.2, 0.25) is 0 Å². The normalized spacial score (nSPS) is 15.3. The van der Waals surface area contributed by atoms with Gasteiger partial charge in [0.2, 0.25) is 0 Å². The van der Waals surface area contributed by atoms with Gasteiger partial charge in [-0.25, -0.2) is 4.79 Å². The maximum atomic E-state index is 13.6. The molecule has 0 unspecified atom stereocenters. The molecule has 0 bridgehead atoms. The average Bonchev–Trinajstić information content (AvgIpc) is 2.57. The van der Waals surface area contributed by atoms with Gasteiger partial charge in [0.25, 0.3) is 0 Å². The molecular weight excluding hydrogens is 425 g/mol. The zero-order valence-electron chi connectivity index (χ0n) is 18.4. The van der Waals surface area contributed by atoms with Crippen molar-refractivity contribution < 1.29 is 73.9 Å². The van der Waals surface area contributed by atoms with Gasteiger partial charge in [0.05, 0.1) is 0 Å². The largest absolute Gasteiger partial charge is 1.00 e. The molecule has 160 valence electrons. The molecule has 7 nitrogen and oxygen atoms in total. The third kappa shape index (κ3) is 7.15. The van der Waals surface area contributed by atoms with E-state index >= 15 is 0 Å². The number of amides is 1. The van der Waals surface area contributed by atoms with Crippen molar-refractivity contribution in [3.05, 3.63) is 33.2 Å². The van der Waals surface area contributed by atoms with Gasteiger partial charge in [-0.1, -0.05) is 16.2 Å². The maximum absolute atomic E-state index is 13.6. The molecule has 1 aromatic carbocycles. The fraction of sp³-hybridized carbons (Fsp3) is 0.611. The molecule has 0 radical (unpaired) electrons. The average molecular weight is 451 g/mol. The summed E-state index contributed by atoms with van der Waals surface area (Å²) in [6, 6.07) is 1.52. The van der Waals surface area contributed by atoms with Crippen LogP contribution in [0.4, 0.5) is 23.4 Å². The first-order chi connectivity index (χ1) is 13.3. The number of ether oxygens (including phenoxy) is 1. The molecule has 0 aromatic heterocycles. The van der Waals surface area contributed by atoms with E-state index in [0.717, 1.165) is 0 Å². The van der Waals surface area contributed by atoms with E-state index < -0.39 is 24.1 Å². The zero-order chi connectivity index (χ0) is 22.0. The quantitative estimate of drug-likeness (QED) is 0.300. The van der Waals surface area contributed by atoms with Gasteiger partial charge in [-0.2, -0.15) is 0 Å². The number of carbonyl (C=O) groups excluding carboxylic acids is 1. The van der Waals surface area contributed by atoms with E-state index in [1.807, 2.05) is 4.90 Å².